The number of alkyl carbamates (subject to hydrolysis) is 1. The summed E-state index contributed by atoms with van der Waals surface area (Å²) in [6, 6.07) is 0. The molecule has 0 bridgehead atoms. The molecule has 0 saturated heterocycles. The van der Waals surface area contributed by atoms with Gasteiger partial charge in [0.25, 0.3) is 0 Å². The van der Waals surface area contributed by atoms with Gasteiger partial charge in [0.15, 0.2) is 0 Å². The van der Waals surface area contributed by atoms with Gasteiger partial charge in [0.05, 0.1) is 0 Å². The quantitative estimate of drug-likeness (QED) is 0.577. The molecule has 2 N–H and O–H groups in total. The van der Waals surface area contributed by atoms with Crippen LogP contribution in [0.2, 0.25) is 0 Å². The second-order valence-electron chi connectivity index (χ2n) is 4.22. The average molecular weight is 281 g/mol. The second kappa shape index (κ2) is 7.93. The average Bonchev–Trinajstić information content (AvgIpc) is 2.08. The number of halogens is 1. The summed E-state index contributed by atoms with van der Waals surface area (Å²) < 4.78 is 5.08. The maximum absolute atomic E-state index is 11.2. The van der Waals surface area contributed by atoms with Crippen molar-refractivity contribution >= 4 is 22.0 Å². The number of nitrogens with one attached hydrogen (secondary N) is 2. The Morgan fingerprint density at radius 1 is 1.27 bits per heavy atom. The molecule has 90 valence electrons. The van der Waals surface area contributed by atoms with E-state index in [4.69, 9.17) is 4.74 Å². The maximum atomic E-state index is 11.2. The molecule has 5 heteroatoms. The topological polar surface area (TPSA) is 50.4 Å². The summed E-state index contributed by atoms with van der Waals surface area (Å²) in [4.78, 5) is 11.2. The lowest BCUT2D eigenvalue weighted by Crippen LogP contribution is -2.36. The normalized spacial score (nSPS) is 11.2. The van der Waals surface area contributed by atoms with Gasteiger partial charge in [-0.25, -0.2) is 4.79 Å². The van der Waals surface area contributed by atoms with Crippen LogP contribution in [0.4, 0.5) is 4.79 Å². The first-order valence-electron chi connectivity index (χ1n) is 5.19. The van der Waals surface area contributed by atoms with Crippen molar-refractivity contribution in [2.45, 2.75) is 32.8 Å². The van der Waals surface area contributed by atoms with Gasteiger partial charge in [-0.1, -0.05) is 15.9 Å². The number of rotatable bonds is 6. The van der Waals surface area contributed by atoms with Crippen LogP contribution in [0, 0.1) is 0 Å². The van der Waals surface area contributed by atoms with Crippen LogP contribution in [-0.2, 0) is 4.74 Å². The van der Waals surface area contributed by atoms with Crippen LogP contribution in [-0.4, -0.2) is 36.7 Å². The number of hydrogen-bond acceptors (Lipinski definition) is 3. The number of alkyl halides is 1. The van der Waals surface area contributed by atoms with E-state index in [0.717, 1.165) is 24.8 Å². The molecule has 0 aromatic carbocycles. The van der Waals surface area contributed by atoms with Gasteiger partial charge in [-0.3, -0.25) is 0 Å². The van der Waals surface area contributed by atoms with Crippen LogP contribution < -0.4 is 10.6 Å². The number of carbonyl (C=O) groups is 1. The minimum atomic E-state index is -0.423. The summed E-state index contributed by atoms with van der Waals surface area (Å²) in [5.74, 6) is 0. The minimum absolute atomic E-state index is 0.357. The molecule has 15 heavy (non-hydrogen) atoms. The van der Waals surface area contributed by atoms with Crippen LogP contribution >= 0.6 is 15.9 Å². The van der Waals surface area contributed by atoms with Gasteiger partial charge in [0.2, 0.25) is 0 Å². The fourth-order valence-electron chi connectivity index (χ4n) is 0.884. The highest BCUT2D eigenvalue weighted by atomic mass is 79.9. The molecule has 0 aliphatic rings. The summed E-state index contributed by atoms with van der Waals surface area (Å²) >= 11 is 3.35. The largest absolute Gasteiger partial charge is 0.444 e. The summed E-state index contributed by atoms with van der Waals surface area (Å²) in [7, 11) is 0. The lowest BCUT2D eigenvalue weighted by molar-refractivity contribution is 0.0528. The Labute approximate surface area is 100 Å². The highest BCUT2D eigenvalue weighted by Crippen LogP contribution is 2.05. The van der Waals surface area contributed by atoms with Crippen LogP contribution in [0.3, 0.4) is 0 Å². The molecule has 0 fully saturated rings. The van der Waals surface area contributed by atoms with Crippen molar-refractivity contribution in [1.82, 2.24) is 10.6 Å². The van der Waals surface area contributed by atoms with E-state index >= 15 is 0 Å². The van der Waals surface area contributed by atoms with Crippen molar-refractivity contribution in [3.63, 3.8) is 0 Å². The lowest BCUT2D eigenvalue weighted by atomic mass is 10.2. The predicted octanol–water partition coefficient (Wildman–Crippen LogP) is 1.89. The maximum Gasteiger partial charge on any atom is 0.407 e. The van der Waals surface area contributed by atoms with Crippen molar-refractivity contribution in [2.75, 3.05) is 25.0 Å². The Morgan fingerprint density at radius 2 is 1.93 bits per heavy atom. The molecule has 0 unspecified atom stereocenters. The fourth-order valence-corrected chi connectivity index (χ4v) is 1.16. The Morgan fingerprint density at radius 3 is 2.47 bits per heavy atom. The zero-order valence-corrected chi connectivity index (χ0v) is 11.3. The Kier molecular flexibility index (Phi) is 7.78. The zero-order valence-electron chi connectivity index (χ0n) is 9.73. The third kappa shape index (κ3) is 11.6. The molecule has 0 atom stereocenters. The molecule has 0 rings (SSSR count). The summed E-state index contributed by atoms with van der Waals surface area (Å²) in [5, 5.41) is 6.88. The van der Waals surface area contributed by atoms with E-state index in [9.17, 15) is 4.79 Å². The van der Waals surface area contributed by atoms with Gasteiger partial charge < -0.3 is 15.4 Å². The molecular weight excluding hydrogens is 260 g/mol. The highest BCUT2D eigenvalue weighted by molar-refractivity contribution is 9.09. The Balaban J connectivity index is 3.32. The molecule has 0 saturated carbocycles. The van der Waals surface area contributed by atoms with Crippen LogP contribution in [0.25, 0.3) is 0 Å². The molecule has 0 heterocycles. The van der Waals surface area contributed by atoms with Crippen LogP contribution in [0.1, 0.15) is 27.2 Å². The van der Waals surface area contributed by atoms with Crippen molar-refractivity contribution in [3.8, 4) is 0 Å². The van der Waals surface area contributed by atoms with E-state index in [-0.39, 0.29) is 6.09 Å². The lowest BCUT2D eigenvalue weighted by Gasteiger charge is -2.19. The van der Waals surface area contributed by atoms with E-state index in [1.807, 2.05) is 20.8 Å². The van der Waals surface area contributed by atoms with Gasteiger partial charge in [0.1, 0.15) is 5.60 Å². The van der Waals surface area contributed by atoms with Gasteiger partial charge in [0, 0.05) is 18.4 Å². The molecule has 0 spiro atoms. The van der Waals surface area contributed by atoms with Gasteiger partial charge >= 0.3 is 6.09 Å². The fraction of sp³-hybridized carbons (Fsp3) is 0.900. The third-order valence-corrected chi connectivity index (χ3v) is 2.02. The van der Waals surface area contributed by atoms with Crippen molar-refractivity contribution in [1.29, 1.82) is 0 Å². The molecule has 0 aliphatic heterocycles. The van der Waals surface area contributed by atoms with Crippen molar-refractivity contribution in [3.05, 3.63) is 0 Å². The number of ether oxygens (including phenoxy) is 1. The monoisotopic (exact) mass is 280 g/mol. The number of hydrogen-bond donors (Lipinski definition) is 2. The molecule has 4 nitrogen and oxygen atoms in total. The standard InChI is InChI=1S/C10H21BrN2O2/c1-10(2,3)15-9(14)13-8-7-12-6-4-5-11/h12H,4-8H2,1-3H3,(H,13,14). The van der Waals surface area contributed by atoms with E-state index < -0.39 is 5.60 Å². The third-order valence-electron chi connectivity index (χ3n) is 1.46. The van der Waals surface area contributed by atoms with Gasteiger partial charge in [-0.05, 0) is 33.7 Å². The second-order valence-corrected chi connectivity index (χ2v) is 5.01. The predicted molar refractivity (Wildman–Crippen MR) is 65.5 cm³/mol. The van der Waals surface area contributed by atoms with E-state index in [1.54, 1.807) is 0 Å². The summed E-state index contributed by atoms with van der Waals surface area (Å²) in [5.41, 5.74) is -0.423. The first-order valence-corrected chi connectivity index (χ1v) is 6.31. The molecule has 0 radical (unpaired) electrons. The Bertz CT molecular complexity index is 181. The first kappa shape index (κ1) is 14.7. The van der Waals surface area contributed by atoms with E-state index in [0.29, 0.717) is 6.54 Å². The molecule has 0 aliphatic carbocycles. The molecule has 1 amide bonds. The smallest absolute Gasteiger partial charge is 0.407 e. The highest BCUT2D eigenvalue weighted by Gasteiger charge is 2.15. The summed E-state index contributed by atoms with van der Waals surface area (Å²) in [6.07, 6.45) is 0.733. The number of carbonyl (C=O) groups excluding carboxylic acids is 1. The van der Waals surface area contributed by atoms with Gasteiger partial charge in [-0.2, -0.15) is 0 Å². The minimum Gasteiger partial charge on any atom is -0.444 e. The van der Waals surface area contributed by atoms with E-state index in [2.05, 4.69) is 26.6 Å². The SMILES string of the molecule is CC(C)(C)OC(=O)NCCNCCCBr. The van der Waals surface area contributed by atoms with Crippen molar-refractivity contribution < 1.29 is 9.53 Å². The van der Waals surface area contributed by atoms with Crippen molar-refractivity contribution in [2.24, 2.45) is 0 Å². The molecule has 0 aromatic rings. The van der Waals surface area contributed by atoms with E-state index in [1.165, 1.54) is 0 Å². The Hall–Kier alpha value is -0.290. The first-order chi connectivity index (χ1) is 6.95. The van der Waals surface area contributed by atoms with Gasteiger partial charge in [-0.15, -0.1) is 0 Å². The number of amides is 1. The van der Waals surface area contributed by atoms with Crippen LogP contribution in [0.15, 0.2) is 0 Å². The summed E-state index contributed by atoms with van der Waals surface area (Å²) in [6.45, 7) is 7.87. The zero-order chi connectivity index (χ0) is 11.7. The van der Waals surface area contributed by atoms with Crippen LogP contribution in [0.5, 0.6) is 0 Å². The molecule has 0 aromatic heterocycles. The molecular formula is C10H21BrN2O2.